The van der Waals surface area contributed by atoms with Crippen molar-refractivity contribution in [3.63, 3.8) is 0 Å². The minimum atomic E-state index is -0.295. The maximum Gasteiger partial charge on any atom is 0.251 e. The van der Waals surface area contributed by atoms with Gasteiger partial charge in [0.1, 0.15) is 0 Å². The quantitative estimate of drug-likeness (QED) is 0.620. The number of nitrogens with one attached hydrogen (secondary N) is 2. The van der Waals surface area contributed by atoms with Gasteiger partial charge in [0.25, 0.3) is 5.91 Å². The highest BCUT2D eigenvalue weighted by Gasteiger charge is 2.10. The summed E-state index contributed by atoms with van der Waals surface area (Å²) in [4.78, 5) is 28.5. The molecule has 0 atom stereocenters. The van der Waals surface area contributed by atoms with Gasteiger partial charge in [0.15, 0.2) is 0 Å². The molecule has 3 rings (SSSR count). The number of carbonyl (C=O) groups excluding carboxylic acids is 2. The number of carbonyl (C=O) groups is 2. The Bertz CT molecular complexity index is 957. The first kappa shape index (κ1) is 20.1. The van der Waals surface area contributed by atoms with Gasteiger partial charge in [0, 0.05) is 23.9 Å². The molecule has 1 aromatic heterocycles. The zero-order chi connectivity index (χ0) is 20.5. The topological polar surface area (TPSA) is 80.3 Å². The van der Waals surface area contributed by atoms with Gasteiger partial charge in [-0.15, -0.1) is 0 Å². The fraction of sp³-hybridized carbons (Fsp3) is 0.174. The molecule has 0 aliphatic heterocycles. The first-order chi connectivity index (χ1) is 14.2. The lowest BCUT2D eigenvalue weighted by atomic mass is 10.0. The van der Waals surface area contributed by atoms with E-state index >= 15 is 0 Å². The summed E-state index contributed by atoms with van der Waals surface area (Å²) < 4.78 is 5.43. The number of hydrogen-bond acceptors (Lipinski definition) is 4. The molecule has 0 saturated carbocycles. The molecule has 6 nitrogen and oxygen atoms in total. The molecule has 2 amide bonds. The molecule has 1 heterocycles. The number of ether oxygens (including phenoxy) is 1. The van der Waals surface area contributed by atoms with Crippen LogP contribution in [0.25, 0.3) is 11.1 Å². The Labute approximate surface area is 169 Å². The monoisotopic (exact) mass is 389 g/mol. The molecule has 6 heteroatoms. The van der Waals surface area contributed by atoms with Crippen molar-refractivity contribution in [2.24, 2.45) is 0 Å². The Morgan fingerprint density at radius 1 is 0.897 bits per heavy atom. The average Bonchev–Trinajstić information content (AvgIpc) is 2.78. The van der Waals surface area contributed by atoms with Crippen molar-refractivity contribution in [1.82, 2.24) is 15.6 Å². The molecule has 3 aromatic rings. The summed E-state index contributed by atoms with van der Waals surface area (Å²) in [5.41, 5.74) is 3.40. The summed E-state index contributed by atoms with van der Waals surface area (Å²) >= 11 is 0. The van der Waals surface area contributed by atoms with Crippen LogP contribution >= 0.6 is 0 Å². The van der Waals surface area contributed by atoms with Crippen LogP contribution in [-0.4, -0.2) is 29.9 Å². The zero-order valence-electron chi connectivity index (χ0n) is 16.2. The third-order valence-corrected chi connectivity index (χ3v) is 4.27. The van der Waals surface area contributed by atoms with E-state index in [-0.39, 0.29) is 24.9 Å². The van der Waals surface area contributed by atoms with E-state index in [0.29, 0.717) is 18.1 Å². The maximum absolute atomic E-state index is 12.3. The number of rotatable bonds is 8. The molecule has 0 radical (unpaired) electrons. The van der Waals surface area contributed by atoms with Crippen molar-refractivity contribution in [1.29, 1.82) is 0 Å². The molecular weight excluding hydrogens is 366 g/mol. The van der Waals surface area contributed by atoms with Gasteiger partial charge >= 0.3 is 0 Å². The van der Waals surface area contributed by atoms with E-state index in [4.69, 9.17) is 4.74 Å². The van der Waals surface area contributed by atoms with Gasteiger partial charge in [0.05, 0.1) is 13.2 Å². The smallest absolute Gasteiger partial charge is 0.251 e. The predicted octanol–water partition coefficient (Wildman–Crippen LogP) is 3.19. The molecule has 0 aliphatic rings. The lowest BCUT2D eigenvalue weighted by molar-refractivity contribution is -0.120. The van der Waals surface area contributed by atoms with E-state index in [9.17, 15) is 9.59 Å². The third kappa shape index (κ3) is 5.65. The molecule has 2 aromatic carbocycles. The second kappa shape index (κ2) is 10.0. The molecule has 29 heavy (non-hydrogen) atoms. The van der Waals surface area contributed by atoms with Crippen LogP contribution < -0.4 is 15.4 Å². The molecule has 148 valence electrons. The van der Waals surface area contributed by atoms with Crippen molar-refractivity contribution >= 4 is 11.8 Å². The molecule has 0 bridgehead atoms. The van der Waals surface area contributed by atoms with Crippen LogP contribution in [0.15, 0.2) is 72.9 Å². The first-order valence-electron chi connectivity index (χ1n) is 9.44. The number of amides is 2. The van der Waals surface area contributed by atoms with Crippen LogP contribution in [0, 0.1) is 0 Å². The minimum absolute atomic E-state index is 0.108. The molecule has 0 saturated heterocycles. The SMILES string of the molecule is CCOc1ncccc1CNC(=O)CNC(=O)c1ccc(-c2ccccc2)cc1. The lowest BCUT2D eigenvalue weighted by Gasteiger charge is -2.10. The third-order valence-electron chi connectivity index (χ3n) is 4.27. The van der Waals surface area contributed by atoms with Crippen LogP contribution in [0.3, 0.4) is 0 Å². The van der Waals surface area contributed by atoms with Crippen molar-refractivity contribution in [2.45, 2.75) is 13.5 Å². The number of nitrogens with zero attached hydrogens (tertiary/aromatic N) is 1. The van der Waals surface area contributed by atoms with E-state index in [1.54, 1.807) is 24.4 Å². The Balaban J connectivity index is 1.49. The zero-order valence-corrected chi connectivity index (χ0v) is 16.2. The predicted molar refractivity (Wildman–Crippen MR) is 111 cm³/mol. The average molecular weight is 389 g/mol. The summed E-state index contributed by atoms with van der Waals surface area (Å²) in [6.45, 7) is 2.54. The number of aromatic nitrogens is 1. The van der Waals surface area contributed by atoms with E-state index in [1.807, 2.05) is 55.5 Å². The van der Waals surface area contributed by atoms with E-state index in [1.165, 1.54) is 0 Å². The summed E-state index contributed by atoms with van der Waals surface area (Å²) in [5, 5.41) is 5.40. The number of hydrogen-bond donors (Lipinski definition) is 2. The molecule has 0 unspecified atom stereocenters. The van der Waals surface area contributed by atoms with Crippen LogP contribution in [0.1, 0.15) is 22.8 Å². The summed E-state index contributed by atoms with van der Waals surface area (Å²) in [5.74, 6) is -0.0838. The van der Waals surface area contributed by atoms with Crippen molar-refractivity contribution < 1.29 is 14.3 Å². The lowest BCUT2D eigenvalue weighted by Crippen LogP contribution is -2.36. The second-order valence-electron chi connectivity index (χ2n) is 6.30. The van der Waals surface area contributed by atoms with Gasteiger partial charge in [-0.25, -0.2) is 4.98 Å². The van der Waals surface area contributed by atoms with Crippen LogP contribution in [0.4, 0.5) is 0 Å². The minimum Gasteiger partial charge on any atom is -0.478 e. The Morgan fingerprint density at radius 2 is 1.62 bits per heavy atom. The van der Waals surface area contributed by atoms with E-state index < -0.39 is 0 Å². The maximum atomic E-state index is 12.3. The fourth-order valence-electron chi connectivity index (χ4n) is 2.79. The fourth-order valence-corrected chi connectivity index (χ4v) is 2.79. The standard InChI is InChI=1S/C23H23N3O3/c1-2-29-23-20(9-6-14-24-23)15-25-21(27)16-26-22(28)19-12-10-18(11-13-19)17-7-4-3-5-8-17/h3-14H,2,15-16H2,1H3,(H,25,27)(H,26,28). The Hall–Kier alpha value is -3.67. The van der Waals surface area contributed by atoms with Gasteiger partial charge in [-0.2, -0.15) is 0 Å². The normalized spacial score (nSPS) is 10.2. The second-order valence-corrected chi connectivity index (χ2v) is 6.30. The van der Waals surface area contributed by atoms with Gasteiger partial charge in [-0.3, -0.25) is 9.59 Å². The molecule has 2 N–H and O–H groups in total. The Kier molecular flexibility index (Phi) is 6.95. The van der Waals surface area contributed by atoms with Crippen LogP contribution in [0.2, 0.25) is 0 Å². The highest BCUT2D eigenvalue weighted by atomic mass is 16.5. The van der Waals surface area contributed by atoms with Gasteiger partial charge in [0.2, 0.25) is 11.8 Å². The number of pyridine rings is 1. The summed E-state index contributed by atoms with van der Waals surface area (Å²) in [6.07, 6.45) is 1.64. The largest absolute Gasteiger partial charge is 0.478 e. The van der Waals surface area contributed by atoms with E-state index in [2.05, 4.69) is 15.6 Å². The first-order valence-corrected chi connectivity index (χ1v) is 9.44. The van der Waals surface area contributed by atoms with E-state index in [0.717, 1.165) is 16.7 Å². The van der Waals surface area contributed by atoms with Gasteiger partial charge in [-0.05, 0) is 36.2 Å². The van der Waals surface area contributed by atoms with Crippen molar-refractivity contribution in [3.05, 3.63) is 84.1 Å². The van der Waals surface area contributed by atoms with Crippen molar-refractivity contribution in [2.75, 3.05) is 13.2 Å². The van der Waals surface area contributed by atoms with Gasteiger partial charge < -0.3 is 15.4 Å². The molecule has 0 fully saturated rings. The summed E-state index contributed by atoms with van der Waals surface area (Å²) in [7, 11) is 0. The number of benzene rings is 2. The van der Waals surface area contributed by atoms with Crippen LogP contribution in [-0.2, 0) is 11.3 Å². The molecular formula is C23H23N3O3. The van der Waals surface area contributed by atoms with Crippen molar-refractivity contribution in [3.8, 4) is 17.0 Å². The molecule has 0 aliphatic carbocycles. The highest BCUT2D eigenvalue weighted by molar-refractivity contribution is 5.96. The molecule has 0 spiro atoms. The highest BCUT2D eigenvalue weighted by Crippen LogP contribution is 2.19. The van der Waals surface area contributed by atoms with Crippen LogP contribution in [0.5, 0.6) is 5.88 Å². The van der Waals surface area contributed by atoms with Gasteiger partial charge in [-0.1, -0.05) is 48.5 Å². The summed E-state index contributed by atoms with van der Waals surface area (Å²) in [6, 6.07) is 20.8. The Morgan fingerprint density at radius 3 is 2.34 bits per heavy atom.